The zero-order chi connectivity index (χ0) is 21.8. The molecule has 2 aromatic carbocycles. The molecular weight excluding hydrogens is 406 g/mol. The Morgan fingerprint density at radius 3 is 1.33 bits per heavy atom. The van der Waals surface area contributed by atoms with Crippen LogP contribution < -0.4 is 20.1 Å². The molecule has 0 N–H and O–H groups in total. The number of hydrogen-bond donors (Lipinski definition) is 0. The molecule has 0 aliphatic carbocycles. The van der Waals surface area contributed by atoms with E-state index in [0.29, 0.717) is 11.7 Å². The Bertz CT molecular complexity index is 862. The third-order valence-electron chi connectivity index (χ3n) is 6.02. The van der Waals surface area contributed by atoms with E-state index >= 15 is 0 Å². The highest BCUT2D eigenvalue weighted by Gasteiger charge is 2.45. The van der Waals surface area contributed by atoms with E-state index in [4.69, 9.17) is 9.47 Å². The van der Waals surface area contributed by atoms with Crippen LogP contribution in [-0.4, -0.2) is 22.0 Å². The molecule has 0 spiro atoms. The van der Waals surface area contributed by atoms with Crippen LogP contribution in [0.5, 0.6) is 11.5 Å². The van der Waals surface area contributed by atoms with E-state index in [1.165, 1.54) is 21.7 Å². The lowest BCUT2D eigenvalue weighted by Gasteiger charge is -2.34. The second-order valence-corrected chi connectivity index (χ2v) is 16.6. The fourth-order valence-corrected chi connectivity index (χ4v) is 11.4. The van der Waals surface area contributed by atoms with Crippen LogP contribution in [0.3, 0.4) is 0 Å². The molecule has 0 saturated carbocycles. The second kappa shape index (κ2) is 7.79. The monoisotopic (exact) mass is 442 g/mol. The summed E-state index contributed by atoms with van der Waals surface area (Å²) in [6, 6.07) is 13.4. The topological polar surface area (TPSA) is 18.5 Å². The van der Waals surface area contributed by atoms with Crippen molar-refractivity contribution in [1.29, 1.82) is 0 Å². The standard InChI is InChI=1S/C26H36O2P2/c1-9-21-27-19-15-11-13-17(23(19)29(21)25(3,4)5)18-14-12-16-20-24(18)30(26(6,7)8)22(10-2)28-20/h11-16,21-22H,9-10H2,1-8H3/t21-,22-,29-,30-/m0/s1. The predicted octanol–water partition coefficient (Wildman–Crippen LogP) is 7.42. The van der Waals surface area contributed by atoms with E-state index in [1.54, 1.807) is 0 Å². The summed E-state index contributed by atoms with van der Waals surface area (Å²) < 4.78 is 13.0. The van der Waals surface area contributed by atoms with Crippen molar-refractivity contribution in [2.75, 3.05) is 0 Å². The molecule has 0 radical (unpaired) electrons. The molecule has 0 aromatic heterocycles. The lowest BCUT2D eigenvalue weighted by molar-refractivity contribution is 0.288. The van der Waals surface area contributed by atoms with Gasteiger partial charge in [-0.1, -0.05) is 79.7 Å². The molecule has 2 aliphatic rings. The van der Waals surface area contributed by atoms with Crippen LogP contribution in [0.25, 0.3) is 11.1 Å². The highest BCUT2D eigenvalue weighted by molar-refractivity contribution is 7.69. The van der Waals surface area contributed by atoms with Gasteiger partial charge in [0.2, 0.25) is 0 Å². The number of hydrogen-bond acceptors (Lipinski definition) is 2. The highest BCUT2D eigenvalue weighted by Crippen LogP contribution is 2.63. The van der Waals surface area contributed by atoms with Crippen molar-refractivity contribution in [2.24, 2.45) is 0 Å². The maximum absolute atomic E-state index is 6.52. The van der Waals surface area contributed by atoms with Gasteiger partial charge in [0.15, 0.2) is 0 Å². The summed E-state index contributed by atoms with van der Waals surface area (Å²) in [6.45, 7) is 18.8. The van der Waals surface area contributed by atoms with Crippen LogP contribution in [0.4, 0.5) is 0 Å². The molecule has 0 bridgehead atoms. The van der Waals surface area contributed by atoms with Crippen molar-refractivity contribution in [3.05, 3.63) is 36.4 Å². The number of ether oxygens (including phenoxy) is 2. The summed E-state index contributed by atoms with van der Waals surface area (Å²) in [5, 5.41) is 3.33. The third-order valence-corrected chi connectivity index (χ3v) is 12.9. The average Bonchev–Trinajstić information content (AvgIpc) is 3.24. The van der Waals surface area contributed by atoms with Gasteiger partial charge in [-0.3, -0.25) is 0 Å². The Hall–Kier alpha value is -1.10. The van der Waals surface area contributed by atoms with Gasteiger partial charge in [-0.15, -0.1) is 0 Å². The largest absolute Gasteiger partial charge is 0.485 e. The molecule has 162 valence electrons. The summed E-state index contributed by atoms with van der Waals surface area (Å²) >= 11 is 0. The van der Waals surface area contributed by atoms with Gasteiger partial charge in [-0.2, -0.15) is 0 Å². The van der Waals surface area contributed by atoms with Crippen molar-refractivity contribution in [1.82, 2.24) is 0 Å². The van der Waals surface area contributed by atoms with Gasteiger partial charge >= 0.3 is 0 Å². The minimum atomic E-state index is -0.429. The van der Waals surface area contributed by atoms with E-state index in [0.717, 1.165) is 24.3 Å². The van der Waals surface area contributed by atoms with Crippen LogP contribution >= 0.6 is 15.8 Å². The summed E-state index contributed by atoms with van der Waals surface area (Å²) in [6.07, 6.45) is 2.11. The van der Waals surface area contributed by atoms with Crippen molar-refractivity contribution < 1.29 is 9.47 Å². The Kier molecular flexibility index (Phi) is 5.74. The van der Waals surface area contributed by atoms with E-state index in [-0.39, 0.29) is 10.3 Å². The van der Waals surface area contributed by atoms with Crippen molar-refractivity contribution in [3.63, 3.8) is 0 Å². The average molecular weight is 443 g/mol. The molecular formula is C26H36O2P2. The first-order chi connectivity index (χ1) is 14.1. The summed E-state index contributed by atoms with van der Waals surface area (Å²) in [7, 11) is -0.859. The summed E-state index contributed by atoms with van der Waals surface area (Å²) in [5.74, 6) is 2.81. The quantitative estimate of drug-likeness (QED) is 0.461. The van der Waals surface area contributed by atoms with Gasteiger partial charge < -0.3 is 9.47 Å². The molecule has 0 unspecified atom stereocenters. The van der Waals surface area contributed by atoms with Gasteiger partial charge in [0, 0.05) is 10.6 Å². The van der Waals surface area contributed by atoms with Crippen LogP contribution in [0.1, 0.15) is 68.2 Å². The molecule has 2 heterocycles. The molecule has 2 aromatic rings. The third kappa shape index (κ3) is 3.59. The fraction of sp³-hybridized carbons (Fsp3) is 0.538. The highest BCUT2D eigenvalue weighted by atomic mass is 31.1. The number of benzene rings is 2. The summed E-state index contributed by atoms with van der Waals surface area (Å²) in [5.41, 5.74) is 2.75. The van der Waals surface area contributed by atoms with E-state index < -0.39 is 15.8 Å². The molecule has 4 rings (SSSR count). The summed E-state index contributed by atoms with van der Waals surface area (Å²) in [4.78, 5) is 0. The van der Waals surface area contributed by atoms with Crippen LogP contribution in [0.2, 0.25) is 0 Å². The molecule has 4 heteroatoms. The molecule has 2 aliphatic heterocycles. The van der Waals surface area contributed by atoms with Gasteiger partial charge in [-0.25, -0.2) is 0 Å². The minimum Gasteiger partial charge on any atom is -0.485 e. The normalized spacial score (nSPS) is 25.5. The first-order valence-corrected chi connectivity index (χ1v) is 14.1. The Balaban J connectivity index is 1.95. The lowest BCUT2D eigenvalue weighted by Crippen LogP contribution is -2.26. The van der Waals surface area contributed by atoms with Gasteiger partial charge in [0.05, 0.1) is 0 Å². The molecule has 0 amide bonds. The lowest BCUT2D eigenvalue weighted by atomic mass is 10.0. The zero-order valence-electron chi connectivity index (χ0n) is 19.7. The minimum absolute atomic E-state index is 0.201. The Morgan fingerprint density at radius 2 is 1.03 bits per heavy atom. The van der Waals surface area contributed by atoms with Crippen molar-refractivity contribution in [2.45, 2.75) is 90.2 Å². The van der Waals surface area contributed by atoms with E-state index in [1.807, 2.05) is 0 Å². The Morgan fingerprint density at radius 1 is 0.667 bits per heavy atom. The van der Waals surface area contributed by atoms with Crippen LogP contribution in [0.15, 0.2) is 36.4 Å². The van der Waals surface area contributed by atoms with E-state index in [2.05, 4.69) is 91.8 Å². The Labute approximate surface area is 185 Å². The van der Waals surface area contributed by atoms with E-state index in [9.17, 15) is 0 Å². The zero-order valence-corrected chi connectivity index (χ0v) is 21.5. The van der Waals surface area contributed by atoms with Crippen LogP contribution in [0, 0.1) is 0 Å². The maximum atomic E-state index is 6.52. The smallest absolute Gasteiger partial charge is 0.128 e. The molecule has 0 saturated heterocycles. The second-order valence-electron chi connectivity index (χ2n) is 10.3. The molecule has 30 heavy (non-hydrogen) atoms. The molecule has 4 atom stereocenters. The van der Waals surface area contributed by atoms with Gasteiger partial charge in [0.1, 0.15) is 23.2 Å². The predicted molar refractivity (Wildman–Crippen MR) is 134 cm³/mol. The van der Waals surface area contributed by atoms with Crippen molar-refractivity contribution >= 4 is 26.5 Å². The van der Waals surface area contributed by atoms with Crippen LogP contribution in [-0.2, 0) is 0 Å². The molecule has 2 nitrogen and oxygen atoms in total. The van der Waals surface area contributed by atoms with Crippen molar-refractivity contribution in [3.8, 4) is 22.6 Å². The molecule has 0 fully saturated rings. The van der Waals surface area contributed by atoms with Gasteiger partial charge in [-0.05, 0) is 62.3 Å². The SMILES string of the molecule is CC[C@H]1Oc2cccc(-c3cccc4c3[P@@](C(C)(C)C)[C@@H](CC)O4)c2[P@@]1C(C)(C)C. The fourth-order valence-electron chi connectivity index (χ4n) is 4.92. The number of rotatable bonds is 3. The first-order valence-electron chi connectivity index (χ1n) is 11.3. The van der Waals surface area contributed by atoms with Gasteiger partial charge in [0.25, 0.3) is 0 Å². The maximum Gasteiger partial charge on any atom is 0.128 e. The first kappa shape index (κ1) is 22.1. The number of fused-ring (bicyclic) bond motifs is 2.